The lowest BCUT2D eigenvalue weighted by Gasteiger charge is -2.28. The maximum Gasteiger partial charge on any atom is 0.237 e. The molecule has 5 nitrogen and oxygen atoms in total. The third-order valence-electron chi connectivity index (χ3n) is 2.41. The largest absolute Gasteiger partial charge is 0.396 e. The number of aliphatic hydroxyl groups excluding tert-OH is 1. The van der Waals surface area contributed by atoms with Crippen LogP contribution in [0.25, 0.3) is 0 Å². The molecule has 0 heterocycles. The molecule has 0 bridgehead atoms. The van der Waals surface area contributed by atoms with Gasteiger partial charge in [0.1, 0.15) is 0 Å². The smallest absolute Gasteiger partial charge is 0.237 e. The van der Waals surface area contributed by atoms with Crippen molar-refractivity contribution in [1.82, 2.24) is 5.32 Å². The maximum atomic E-state index is 11.8. The normalized spacial score (nSPS) is 15.6. The van der Waals surface area contributed by atoms with Gasteiger partial charge in [-0.3, -0.25) is 4.79 Å². The van der Waals surface area contributed by atoms with Gasteiger partial charge in [-0.15, -0.1) is 0 Å². The van der Waals surface area contributed by atoms with Crippen LogP contribution in [0.15, 0.2) is 0 Å². The number of rotatable bonds is 6. The highest BCUT2D eigenvalue weighted by molar-refractivity contribution is 5.82. The van der Waals surface area contributed by atoms with Crippen molar-refractivity contribution < 1.29 is 14.6 Å². The molecule has 96 valence electrons. The molecule has 0 fully saturated rings. The lowest BCUT2D eigenvalue weighted by Crippen LogP contribution is -2.52. The first-order valence-corrected chi connectivity index (χ1v) is 5.48. The molecule has 0 spiro atoms. The van der Waals surface area contributed by atoms with E-state index in [2.05, 4.69) is 5.32 Å². The van der Waals surface area contributed by atoms with Crippen molar-refractivity contribution in [2.75, 3.05) is 20.3 Å². The molecule has 5 heteroatoms. The molecule has 0 saturated carbocycles. The molecule has 0 aromatic heterocycles. The molecule has 0 aliphatic carbocycles. The van der Waals surface area contributed by atoms with Gasteiger partial charge in [-0.05, 0) is 11.8 Å². The topological polar surface area (TPSA) is 84.6 Å². The van der Waals surface area contributed by atoms with Gasteiger partial charge < -0.3 is 20.9 Å². The fourth-order valence-electron chi connectivity index (χ4n) is 1.24. The summed E-state index contributed by atoms with van der Waals surface area (Å²) in [5.74, 6) is -0.206. The number of amides is 1. The summed E-state index contributed by atoms with van der Waals surface area (Å²) < 4.78 is 4.96. The summed E-state index contributed by atoms with van der Waals surface area (Å²) in [7, 11) is 1.56. The Morgan fingerprint density at radius 3 is 2.44 bits per heavy atom. The van der Waals surface area contributed by atoms with Crippen molar-refractivity contribution in [3.05, 3.63) is 0 Å². The minimum atomic E-state index is -0.564. The SMILES string of the molecule is COCC(CCO)NC(=O)[C@H](N)C(C)(C)C. The van der Waals surface area contributed by atoms with Crippen molar-refractivity contribution in [2.24, 2.45) is 11.1 Å². The van der Waals surface area contributed by atoms with Crippen molar-refractivity contribution in [3.63, 3.8) is 0 Å². The van der Waals surface area contributed by atoms with Crippen molar-refractivity contribution in [2.45, 2.75) is 39.3 Å². The second kappa shape index (κ2) is 6.83. The molecule has 0 aromatic rings. The third-order valence-corrected chi connectivity index (χ3v) is 2.41. The van der Waals surface area contributed by atoms with Gasteiger partial charge in [-0.1, -0.05) is 20.8 Å². The number of methoxy groups -OCH3 is 1. The van der Waals surface area contributed by atoms with Gasteiger partial charge in [0.15, 0.2) is 0 Å². The third kappa shape index (κ3) is 5.44. The molecular formula is C11H24N2O3. The molecule has 1 unspecified atom stereocenters. The van der Waals surface area contributed by atoms with E-state index in [-0.39, 0.29) is 24.0 Å². The highest BCUT2D eigenvalue weighted by Crippen LogP contribution is 2.17. The quantitative estimate of drug-likeness (QED) is 0.596. The van der Waals surface area contributed by atoms with E-state index in [1.807, 2.05) is 20.8 Å². The summed E-state index contributed by atoms with van der Waals surface area (Å²) in [4.78, 5) is 11.8. The summed E-state index contributed by atoms with van der Waals surface area (Å²) in [6, 6.07) is -0.749. The fourth-order valence-corrected chi connectivity index (χ4v) is 1.24. The maximum absolute atomic E-state index is 11.8. The van der Waals surface area contributed by atoms with Crippen LogP contribution < -0.4 is 11.1 Å². The van der Waals surface area contributed by atoms with Gasteiger partial charge in [-0.25, -0.2) is 0 Å². The summed E-state index contributed by atoms with van der Waals surface area (Å²) in [6.07, 6.45) is 0.469. The highest BCUT2D eigenvalue weighted by Gasteiger charge is 2.28. The highest BCUT2D eigenvalue weighted by atomic mass is 16.5. The lowest BCUT2D eigenvalue weighted by molar-refractivity contribution is -0.125. The predicted octanol–water partition coefficient (Wildman–Crippen LogP) is -0.127. The molecule has 0 aliphatic rings. The van der Waals surface area contributed by atoms with Crippen LogP contribution in [0.5, 0.6) is 0 Å². The Labute approximate surface area is 97.3 Å². The summed E-state index contributed by atoms with van der Waals surface area (Å²) in [6.45, 7) is 6.13. The van der Waals surface area contributed by atoms with E-state index >= 15 is 0 Å². The zero-order valence-corrected chi connectivity index (χ0v) is 10.6. The second-order valence-electron chi connectivity index (χ2n) is 5.02. The molecule has 0 aliphatic heterocycles. The Kier molecular flexibility index (Phi) is 6.55. The molecule has 0 radical (unpaired) electrons. The monoisotopic (exact) mass is 232 g/mol. The van der Waals surface area contributed by atoms with Crippen molar-refractivity contribution >= 4 is 5.91 Å². The Morgan fingerprint density at radius 2 is 2.06 bits per heavy atom. The van der Waals surface area contributed by atoms with Gasteiger partial charge in [0.25, 0.3) is 0 Å². The first-order chi connectivity index (χ1) is 7.32. The average molecular weight is 232 g/mol. The summed E-state index contributed by atoms with van der Waals surface area (Å²) >= 11 is 0. The number of hydrogen-bond acceptors (Lipinski definition) is 4. The first-order valence-electron chi connectivity index (χ1n) is 5.48. The molecule has 1 amide bonds. The lowest BCUT2D eigenvalue weighted by atomic mass is 9.87. The summed E-state index contributed by atoms with van der Waals surface area (Å²) in [5, 5.41) is 11.6. The second-order valence-corrected chi connectivity index (χ2v) is 5.02. The predicted molar refractivity (Wildman–Crippen MR) is 62.9 cm³/mol. The van der Waals surface area contributed by atoms with E-state index in [4.69, 9.17) is 15.6 Å². The van der Waals surface area contributed by atoms with E-state index in [1.165, 1.54) is 0 Å². The van der Waals surface area contributed by atoms with E-state index in [0.29, 0.717) is 13.0 Å². The summed E-state index contributed by atoms with van der Waals surface area (Å²) in [5.41, 5.74) is 5.54. The molecule has 0 rings (SSSR count). The zero-order chi connectivity index (χ0) is 12.8. The van der Waals surface area contributed by atoms with Crippen molar-refractivity contribution in [1.29, 1.82) is 0 Å². The molecule has 2 atom stereocenters. The van der Waals surface area contributed by atoms with Gasteiger partial charge >= 0.3 is 0 Å². The molecule has 0 saturated heterocycles. The van der Waals surface area contributed by atoms with E-state index in [0.717, 1.165) is 0 Å². The molecule has 4 N–H and O–H groups in total. The molecule has 16 heavy (non-hydrogen) atoms. The Morgan fingerprint density at radius 1 is 1.50 bits per heavy atom. The van der Waals surface area contributed by atoms with Crippen LogP contribution >= 0.6 is 0 Å². The number of ether oxygens (including phenoxy) is 1. The van der Waals surface area contributed by atoms with E-state index in [9.17, 15) is 4.79 Å². The van der Waals surface area contributed by atoms with Crippen LogP contribution in [0.1, 0.15) is 27.2 Å². The van der Waals surface area contributed by atoms with Gasteiger partial charge in [0.05, 0.1) is 18.7 Å². The number of nitrogens with two attached hydrogens (primary N) is 1. The van der Waals surface area contributed by atoms with Gasteiger partial charge in [0, 0.05) is 13.7 Å². The van der Waals surface area contributed by atoms with Crippen molar-refractivity contribution in [3.8, 4) is 0 Å². The van der Waals surface area contributed by atoms with Gasteiger partial charge in [0.2, 0.25) is 5.91 Å². The van der Waals surface area contributed by atoms with E-state index in [1.54, 1.807) is 7.11 Å². The van der Waals surface area contributed by atoms with Crippen LogP contribution in [0, 0.1) is 5.41 Å². The van der Waals surface area contributed by atoms with E-state index < -0.39 is 6.04 Å². The number of carbonyl (C=O) groups excluding carboxylic acids is 1. The Balaban J connectivity index is 4.28. The number of nitrogens with one attached hydrogen (secondary N) is 1. The minimum absolute atomic E-state index is 0.0130. The van der Waals surface area contributed by atoms with Crippen LogP contribution in [0.3, 0.4) is 0 Å². The van der Waals surface area contributed by atoms with Crippen LogP contribution in [0.4, 0.5) is 0 Å². The molecule has 0 aromatic carbocycles. The minimum Gasteiger partial charge on any atom is -0.396 e. The number of aliphatic hydroxyl groups is 1. The Hall–Kier alpha value is -0.650. The standard InChI is InChI=1S/C11H24N2O3/c1-11(2,3)9(12)10(15)13-8(5-6-14)7-16-4/h8-9,14H,5-7,12H2,1-4H3,(H,13,15)/t8?,9-/m0/s1. The van der Waals surface area contributed by atoms with Gasteiger partial charge in [-0.2, -0.15) is 0 Å². The Bertz CT molecular complexity index is 208. The first kappa shape index (κ1) is 15.3. The number of hydrogen-bond donors (Lipinski definition) is 3. The zero-order valence-electron chi connectivity index (χ0n) is 10.6. The number of carbonyl (C=O) groups is 1. The average Bonchev–Trinajstić information content (AvgIpc) is 2.15. The van der Waals surface area contributed by atoms with Crippen LogP contribution in [-0.2, 0) is 9.53 Å². The fraction of sp³-hybridized carbons (Fsp3) is 0.909. The molecular weight excluding hydrogens is 208 g/mol. The van der Waals surface area contributed by atoms with Crippen LogP contribution in [0.2, 0.25) is 0 Å². The van der Waals surface area contributed by atoms with Crippen LogP contribution in [-0.4, -0.2) is 43.4 Å².